The molecule has 0 spiro atoms. The molecule has 22 heavy (non-hydrogen) atoms. The maximum atomic E-state index is 5.35. The zero-order valence-corrected chi connectivity index (χ0v) is 14.0. The maximum Gasteiger partial charge on any atom is 0.191 e. The van der Waals surface area contributed by atoms with Crippen LogP contribution in [-0.2, 0) is 12.8 Å². The van der Waals surface area contributed by atoms with E-state index < -0.39 is 0 Å². The predicted molar refractivity (Wildman–Crippen MR) is 93.7 cm³/mol. The Morgan fingerprint density at radius 2 is 2.05 bits per heavy atom. The third kappa shape index (κ3) is 6.35. The normalized spacial score (nSPS) is 11.6. The largest absolute Gasteiger partial charge is 0.469 e. The first-order valence-electron chi connectivity index (χ1n) is 7.95. The van der Waals surface area contributed by atoms with Crippen molar-refractivity contribution >= 4 is 17.3 Å². The van der Waals surface area contributed by atoms with Gasteiger partial charge in [-0.05, 0) is 36.4 Å². The summed E-state index contributed by atoms with van der Waals surface area (Å²) in [5.74, 6) is 1.90. The summed E-state index contributed by atoms with van der Waals surface area (Å²) >= 11 is 1.80. The molecule has 0 atom stereocenters. The summed E-state index contributed by atoms with van der Waals surface area (Å²) in [6.45, 7) is 4.78. The van der Waals surface area contributed by atoms with Gasteiger partial charge >= 0.3 is 0 Å². The minimum absolute atomic E-state index is 0.824. The topological polar surface area (TPSA) is 49.6 Å². The van der Waals surface area contributed by atoms with Crippen molar-refractivity contribution in [1.29, 1.82) is 0 Å². The average molecular weight is 319 g/mol. The third-order valence-electron chi connectivity index (χ3n) is 3.27. The molecule has 5 heteroatoms. The fraction of sp³-hybridized carbons (Fsp3) is 0.471. The maximum absolute atomic E-state index is 5.35. The van der Waals surface area contributed by atoms with Crippen LogP contribution in [0, 0.1) is 0 Å². The highest BCUT2D eigenvalue weighted by atomic mass is 32.1. The van der Waals surface area contributed by atoms with Crippen LogP contribution in [0.4, 0.5) is 0 Å². The summed E-state index contributed by atoms with van der Waals surface area (Å²) in [5, 5.41) is 8.91. The molecule has 2 N–H and O–H groups in total. The number of nitrogens with zero attached hydrogens (tertiary/aromatic N) is 1. The van der Waals surface area contributed by atoms with Crippen LogP contribution in [0.1, 0.15) is 30.4 Å². The lowest BCUT2D eigenvalue weighted by Gasteiger charge is -2.12. The number of furan rings is 1. The van der Waals surface area contributed by atoms with E-state index in [1.165, 1.54) is 11.3 Å². The third-order valence-corrected chi connectivity index (χ3v) is 4.21. The molecule has 2 aromatic rings. The molecule has 0 unspecified atom stereocenters. The highest BCUT2D eigenvalue weighted by molar-refractivity contribution is 7.09. The monoisotopic (exact) mass is 319 g/mol. The molecule has 0 saturated heterocycles. The van der Waals surface area contributed by atoms with Crippen LogP contribution in [0.2, 0.25) is 0 Å². The van der Waals surface area contributed by atoms with Gasteiger partial charge < -0.3 is 15.1 Å². The van der Waals surface area contributed by atoms with E-state index in [0.717, 1.165) is 50.6 Å². The molecule has 4 nitrogen and oxygen atoms in total. The number of guanidine groups is 1. The first-order valence-corrected chi connectivity index (χ1v) is 8.83. The van der Waals surface area contributed by atoms with Crippen LogP contribution in [0.25, 0.3) is 0 Å². The van der Waals surface area contributed by atoms with Gasteiger partial charge in [0, 0.05) is 30.9 Å². The fourth-order valence-electron chi connectivity index (χ4n) is 2.04. The Hall–Kier alpha value is -1.75. The number of hydrogen-bond acceptors (Lipinski definition) is 3. The highest BCUT2D eigenvalue weighted by Crippen LogP contribution is 2.08. The van der Waals surface area contributed by atoms with Crippen molar-refractivity contribution < 1.29 is 4.42 Å². The lowest BCUT2D eigenvalue weighted by atomic mass is 10.3. The lowest BCUT2D eigenvalue weighted by Crippen LogP contribution is -2.39. The van der Waals surface area contributed by atoms with Gasteiger partial charge in [-0.25, -0.2) is 0 Å². The first kappa shape index (κ1) is 16.6. The summed E-state index contributed by atoms with van der Waals surface area (Å²) in [5.41, 5.74) is 0. The number of nitrogens with one attached hydrogen (secondary N) is 2. The van der Waals surface area contributed by atoms with Crippen molar-refractivity contribution in [3.05, 3.63) is 46.5 Å². The Balaban J connectivity index is 1.73. The summed E-state index contributed by atoms with van der Waals surface area (Å²) in [4.78, 5) is 6.02. The Morgan fingerprint density at radius 1 is 1.18 bits per heavy atom. The molecule has 0 aromatic carbocycles. The SMILES string of the molecule is CCCCN=C(NCCc1ccco1)NCCc1cccs1. The molecule has 0 bridgehead atoms. The predicted octanol–water partition coefficient (Wildman–Crippen LogP) is 3.46. The van der Waals surface area contributed by atoms with E-state index >= 15 is 0 Å². The van der Waals surface area contributed by atoms with Crippen LogP contribution in [0.5, 0.6) is 0 Å². The Labute approximate surface area is 136 Å². The molecular formula is C17H25N3OS. The van der Waals surface area contributed by atoms with Gasteiger partial charge in [0.15, 0.2) is 5.96 Å². The molecule has 2 rings (SSSR count). The van der Waals surface area contributed by atoms with E-state index in [9.17, 15) is 0 Å². The van der Waals surface area contributed by atoms with E-state index in [-0.39, 0.29) is 0 Å². The number of thiophene rings is 1. The van der Waals surface area contributed by atoms with Crippen LogP contribution in [0.3, 0.4) is 0 Å². The second-order valence-electron chi connectivity index (χ2n) is 5.10. The molecule has 2 heterocycles. The minimum Gasteiger partial charge on any atom is -0.469 e. The van der Waals surface area contributed by atoms with Crippen molar-refractivity contribution in [2.24, 2.45) is 4.99 Å². The standard InChI is InChI=1S/C17H25N3OS/c1-2-3-10-18-17(19-11-8-15-6-4-13-21-15)20-12-9-16-7-5-14-22-16/h4-7,13-14H,2-3,8-12H2,1H3,(H2,18,19,20). The summed E-state index contributed by atoms with van der Waals surface area (Å²) in [6.07, 6.45) is 5.90. The fourth-order valence-corrected chi connectivity index (χ4v) is 2.75. The zero-order chi connectivity index (χ0) is 15.5. The van der Waals surface area contributed by atoms with E-state index in [0.29, 0.717) is 0 Å². The van der Waals surface area contributed by atoms with Crippen molar-refractivity contribution in [2.75, 3.05) is 19.6 Å². The molecule has 0 amide bonds. The average Bonchev–Trinajstić information content (AvgIpc) is 3.20. The highest BCUT2D eigenvalue weighted by Gasteiger charge is 2.01. The molecule has 0 aliphatic heterocycles. The molecule has 0 aliphatic rings. The van der Waals surface area contributed by atoms with E-state index in [4.69, 9.17) is 4.42 Å². The Kier molecular flexibility index (Phi) is 7.60. The number of rotatable bonds is 9. The summed E-state index contributed by atoms with van der Waals surface area (Å²) in [6, 6.07) is 8.19. The smallest absolute Gasteiger partial charge is 0.191 e. The Bertz CT molecular complexity index is 478. The second kappa shape index (κ2) is 10.1. The second-order valence-corrected chi connectivity index (χ2v) is 6.13. The number of aliphatic imine (C=N–C) groups is 1. The van der Waals surface area contributed by atoms with Gasteiger partial charge in [0.2, 0.25) is 0 Å². The van der Waals surface area contributed by atoms with Crippen LogP contribution < -0.4 is 10.6 Å². The lowest BCUT2D eigenvalue weighted by molar-refractivity contribution is 0.506. The molecule has 120 valence electrons. The zero-order valence-electron chi connectivity index (χ0n) is 13.2. The molecular weight excluding hydrogens is 294 g/mol. The van der Waals surface area contributed by atoms with Gasteiger partial charge in [-0.2, -0.15) is 0 Å². The van der Waals surface area contributed by atoms with Crippen LogP contribution in [-0.4, -0.2) is 25.6 Å². The molecule has 0 saturated carbocycles. The Morgan fingerprint density at radius 3 is 2.73 bits per heavy atom. The van der Waals surface area contributed by atoms with Gasteiger partial charge in [-0.3, -0.25) is 4.99 Å². The van der Waals surface area contributed by atoms with E-state index in [1.807, 2.05) is 12.1 Å². The van der Waals surface area contributed by atoms with Crippen molar-refractivity contribution in [3.63, 3.8) is 0 Å². The van der Waals surface area contributed by atoms with Crippen molar-refractivity contribution in [3.8, 4) is 0 Å². The van der Waals surface area contributed by atoms with Crippen LogP contribution >= 0.6 is 11.3 Å². The molecule has 0 fully saturated rings. The summed E-state index contributed by atoms with van der Waals surface area (Å²) in [7, 11) is 0. The number of unbranched alkanes of at least 4 members (excludes halogenated alkanes) is 1. The molecule has 0 radical (unpaired) electrons. The summed E-state index contributed by atoms with van der Waals surface area (Å²) < 4.78 is 5.35. The van der Waals surface area contributed by atoms with Gasteiger partial charge in [0.1, 0.15) is 5.76 Å². The van der Waals surface area contributed by atoms with Crippen LogP contribution in [0.15, 0.2) is 45.3 Å². The minimum atomic E-state index is 0.824. The van der Waals surface area contributed by atoms with E-state index in [2.05, 4.69) is 40.1 Å². The van der Waals surface area contributed by atoms with Gasteiger partial charge in [-0.15, -0.1) is 11.3 Å². The first-order chi connectivity index (χ1) is 10.9. The molecule has 2 aromatic heterocycles. The van der Waals surface area contributed by atoms with E-state index in [1.54, 1.807) is 17.6 Å². The van der Waals surface area contributed by atoms with Gasteiger partial charge in [0.05, 0.1) is 6.26 Å². The van der Waals surface area contributed by atoms with Gasteiger partial charge in [-0.1, -0.05) is 19.4 Å². The van der Waals surface area contributed by atoms with Gasteiger partial charge in [0.25, 0.3) is 0 Å². The quantitative estimate of drug-likeness (QED) is 0.423. The van der Waals surface area contributed by atoms with Crippen molar-refractivity contribution in [1.82, 2.24) is 10.6 Å². The molecule has 0 aliphatic carbocycles. The number of hydrogen-bond donors (Lipinski definition) is 2. The van der Waals surface area contributed by atoms with Crippen molar-refractivity contribution in [2.45, 2.75) is 32.6 Å².